The number of sulfonamides is 1. The van der Waals surface area contributed by atoms with Crippen molar-refractivity contribution in [3.05, 3.63) is 81.2 Å². The fourth-order valence-corrected chi connectivity index (χ4v) is 8.45. The molecular formula is C29H28Cl2F2N4O8S2. The number of nitrogens with two attached hydrogens (primary N) is 1. The molecule has 2 amide bonds. The number of esters is 1. The first-order valence-electron chi connectivity index (χ1n) is 14.1. The summed E-state index contributed by atoms with van der Waals surface area (Å²) in [4.78, 5) is 24.9. The van der Waals surface area contributed by atoms with Crippen molar-refractivity contribution in [3.63, 3.8) is 0 Å². The summed E-state index contributed by atoms with van der Waals surface area (Å²) >= 11 is 13.7. The maximum Gasteiger partial charge on any atom is 0.387 e. The third-order valence-electron chi connectivity index (χ3n) is 7.19. The molecule has 3 N–H and O–H groups in total. The van der Waals surface area contributed by atoms with Crippen molar-refractivity contribution in [3.8, 4) is 11.5 Å². The van der Waals surface area contributed by atoms with Crippen LogP contribution in [0.1, 0.15) is 30.1 Å². The summed E-state index contributed by atoms with van der Waals surface area (Å²) in [6, 6.07) is 8.53. The van der Waals surface area contributed by atoms with Crippen molar-refractivity contribution in [2.75, 3.05) is 24.2 Å². The number of aromatic nitrogens is 1. The summed E-state index contributed by atoms with van der Waals surface area (Å²) < 4.78 is 71.4. The van der Waals surface area contributed by atoms with E-state index in [0.717, 1.165) is 41.3 Å². The minimum atomic E-state index is -4.27. The van der Waals surface area contributed by atoms with Crippen LogP contribution in [0, 0.1) is 11.1 Å². The Bertz CT molecular complexity index is 1740. The van der Waals surface area contributed by atoms with Gasteiger partial charge in [-0.05, 0) is 54.7 Å². The van der Waals surface area contributed by atoms with Gasteiger partial charge in [-0.2, -0.15) is 17.8 Å². The highest BCUT2D eigenvalue weighted by molar-refractivity contribution is 8.02. The number of ether oxygens (including phenoxy) is 3. The highest BCUT2D eigenvalue weighted by Crippen LogP contribution is 2.39. The second-order valence-corrected chi connectivity index (χ2v) is 14.5. The summed E-state index contributed by atoms with van der Waals surface area (Å²) in [6.07, 6.45) is 2.62. The van der Waals surface area contributed by atoms with E-state index in [1.807, 2.05) is 0 Å². The van der Waals surface area contributed by atoms with Crippen LogP contribution >= 0.6 is 35.0 Å². The van der Waals surface area contributed by atoms with Crippen LogP contribution < -0.4 is 25.3 Å². The Hall–Kier alpha value is -3.57. The van der Waals surface area contributed by atoms with Gasteiger partial charge < -0.3 is 30.5 Å². The average Bonchev–Trinajstić information content (AvgIpc) is 3.69. The third-order valence-corrected chi connectivity index (χ3v) is 11.0. The fraction of sp³-hybridized carbons (Fsp3) is 0.345. The number of nitrogens with zero attached hydrogens (tertiary/aromatic N) is 2. The Morgan fingerprint density at radius 2 is 1.85 bits per heavy atom. The molecule has 47 heavy (non-hydrogen) atoms. The molecule has 12 nitrogen and oxygen atoms in total. The zero-order valence-electron chi connectivity index (χ0n) is 24.3. The number of nitrogens with one attached hydrogen (secondary N) is 1. The van der Waals surface area contributed by atoms with E-state index in [1.165, 1.54) is 42.5 Å². The minimum absolute atomic E-state index is 0.0118. The number of pyridine rings is 1. The second-order valence-electron chi connectivity index (χ2n) is 10.6. The van der Waals surface area contributed by atoms with E-state index in [4.69, 9.17) is 38.4 Å². The molecule has 1 aliphatic heterocycles. The Balaban J connectivity index is 1.46. The van der Waals surface area contributed by atoms with Gasteiger partial charge in [-0.15, -0.1) is 11.8 Å². The van der Waals surface area contributed by atoms with Gasteiger partial charge in [0, 0.05) is 30.0 Å². The largest absolute Gasteiger partial charge is 0.619 e. The minimum Gasteiger partial charge on any atom is -0.619 e. The summed E-state index contributed by atoms with van der Waals surface area (Å²) in [5.41, 5.74) is 5.82. The van der Waals surface area contributed by atoms with Crippen LogP contribution in [0.2, 0.25) is 10.0 Å². The normalized spacial score (nSPS) is 17.3. The Labute approximate surface area is 282 Å². The van der Waals surface area contributed by atoms with Gasteiger partial charge in [-0.25, -0.2) is 18.0 Å². The molecule has 1 saturated carbocycles. The van der Waals surface area contributed by atoms with Crippen molar-refractivity contribution in [2.24, 2.45) is 11.7 Å². The number of anilines is 1. The first-order chi connectivity index (χ1) is 22.3. The SMILES string of the molecule is NC(=O)Nc1cccc(S(=O)(=O)N2CCS[C@H]2C(=O)O[C@@H](Cc2c(Cl)c[n+]([O-])cc2Cl)c2ccc(OC(F)F)c(OCC3CC3)c2)c1. The number of benzene rings is 2. The van der Waals surface area contributed by atoms with Crippen LogP contribution in [0.5, 0.6) is 11.5 Å². The number of alkyl halides is 2. The first kappa shape index (κ1) is 34.8. The molecule has 2 aliphatic rings. The number of halogens is 4. The molecule has 1 aromatic heterocycles. The van der Waals surface area contributed by atoms with Crippen LogP contribution in [0.25, 0.3) is 0 Å². The maximum atomic E-state index is 13.8. The molecule has 2 fully saturated rings. The van der Waals surface area contributed by atoms with E-state index in [9.17, 15) is 32.0 Å². The van der Waals surface area contributed by atoms with Crippen molar-refractivity contribution < 1.29 is 45.7 Å². The monoisotopic (exact) mass is 732 g/mol. The Morgan fingerprint density at radius 3 is 2.51 bits per heavy atom. The summed E-state index contributed by atoms with van der Waals surface area (Å²) in [5, 5.41) is 12.8. The number of amides is 2. The van der Waals surface area contributed by atoms with Gasteiger partial charge >= 0.3 is 18.6 Å². The predicted octanol–water partition coefficient (Wildman–Crippen LogP) is 5.10. The van der Waals surface area contributed by atoms with Gasteiger partial charge in [0.1, 0.15) is 16.1 Å². The number of hydrogen-bond donors (Lipinski definition) is 2. The summed E-state index contributed by atoms with van der Waals surface area (Å²) in [6.45, 7) is -2.89. The number of thioether (sulfide) groups is 1. The van der Waals surface area contributed by atoms with E-state index < -0.39 is 40.1 Å². The Kier molecular flexibility index (Phi) is 10.9. The number of carbonyl (C=O) groups is 2. The number of urea groups is 1. The lowest BCUT2D eigenvalue weighted by Crippen LogP contribution is -2.40. The average molecular weight is 734 g/mol. The van der Waals surface area contributed by atoms with E-state index in [-0.39, 0.29) is 74.5 Å². The zero-order valence-corrected chi connectivity index (χ0v) is 27.5. The molecular weight excluding hydrogens is 705 g/mol. The topological polar surface area (TPSA) is 164 Å². The van der Waals surface area contributed by atoms with Gasteiger partial charge in [-0.3, -0.25) is 0 Å². The third kappa shape index (κ3) is 8.67. The fourth-order valence-electron chi connectivity index (χ4n) is 4.76. The quantitative estimate of drug-likeness (QED) is 0.138. The van der Waals surface area contributed by atoms with Crippen molar-refractivity contribution >= 4 is 62.7 Å². The molecule has 18 heteroatoms. The van der Waals surface area contributed by atoms with E-state index >= 15 is 0 Å². The number of rotatable bonds is 13. The lowest BCUT2D eigenvalue weighted by atomic mass is 10.0. The second kappa shape index (κ2) is 14.7. The van der Waals surface area contributed by atoms with Gasteiger partial charge in [0.15, 0.2) is 29.3 Å². The maximum absolute atomic E-state index is 13.8. The predicted molar refractivity (Wildman–Crippen MR) is 169 cm³/mol. The number of carbonyl (C=O) groups excluding carboxylic acids is 2. The molecule has 0 spiro atoms. The smallest absolute Gasteiger partial charge is 0.387 e. The molecule has 1 aliphatic carbocycles. The van der Waals surface area contributed by atoms with Crippen LogP contribution in [-0.4, -0.2) is 55.6 Å². The van der Waals surface area contributed by atoms with Gasteiger partial charge in [0.05, 0.1) is 11.5 Å². The first-order valence-corrected chi connectivity index (χ1v) is 17.3. The van der Waals surface area contributed by atoms with E-state index in [1.54, 1.807) is 0 Å². The molecule has 3 aromatic rings. The van der Waals surface area contributed by atoms with Crippen LogP contribution in [0.15, 0.2) is 59.8 Å². The van der Waals surface area contributed by atoms with Crippen molar-refractivity contribution in [1.82, 2.24) is 4.31 Å². The van der Waals surface area contributed by atoms with Crippen LogP contribution in [0.3, 0.4) is 0 Å². The number of hydrogen-bond acceptors (Lipinski definition) is 9. The highest BCUT2D eigenvalue weighted by Gasteiger charge is 2.42. The lowest BCUT2D eigenvalue weighted by molar-refractivity contribution is -0.605. The van der Waals surface area contributed by atoms with Crippen LogP contribution in [-0.2, 0) is 26.0 Å². The molecule has 0 radical (unpaired) electrons. The standard InChI is InChI=1S/C29H28Cl2F2N4O8S2/c30-21-13-36(40)14-22(31)20(21)12-24(17-6-7-23(45-28(32)33)25(10-17)43-15-16-4-5-16)44-27(38)26-37(8-9-46-26)47(41,42)19-3-1-2-18(11-19)35-29(34)39/h1-3,6-7,10-11,13-14,16,24,26,28H,4-5,8-9,12,15H2,(H3,34,35,39)/t24-,26-/m0/s1. The van der Waals surface area contributed by atoms with Crippen molar-refractivity contribution in [1.29, 1.82) is 0 Å². The number of primary amides is 1. The summed E-state index contributed by atoms with van der Waals surface area (Å²) in [5.74, 6) is -0.631. The molecule has 2 aromatic carbocycles. The van der Waals surface area contributed by atoms with Gasteiger partial charge in [0.25, 0.3) is 0 Å². The van der Waals surface area contributed by atoms with Gasteiger partial charge in [0.2, 0.25) is 10.0 Å². The van der Waals surface area contributed by atoms with Crippen molar-refractivity contribution in [2.45, 2.75) is 42.2 Å². The van der Waals surface area contributed by atoms with E-state index in [2.05, 4.69) is 10.1 Å². The van der Waals surface area contributed by atoms with Crippen LogP contribution in [0.4, 0.5) is 19.3 Å². The molecule has 2 heterocycles. The zero-order chi connectivity index (χ0) is 33.9. The lowest BCUT2D eigenvalue weighted by Gasteiger charge is -2.26. The van der Waals surface area contributed by atoms with E-state index in [0.29, 0.717) is 4.73 Å². The molecule has 0 bridgehead atoms. The molecule has 252 valence electrons. The molecule has 5 rings (SSSR count). The summed E-state index contributed by atoms with van der Waals surface area (Å²) in [7, 11) is -4.27. The highest BCUT2D eigenvalue weighted by atomic mass is 35.5. The molecule has 2 atom stereocenters. The van der Waals surface area contributed by atoms with Gasteiger partial charge in [-0.1, -0.05) is 35.3 Å². The molecule has 0 unspecified atom stereocenters. The molecule has 1 saturated heterocycles. The Morgan fingerprint density at radius 1 is 1.13 bits per heavy atom.